The summed E-state index contributed by atoms with van der Waals surface area (Å²) in [5, 5.41) is 7.70. The van der Waals surface area contributed by atoms with E-state index in [1.54, 1.807) is 4.90 Å². The second-order valence-corrected chi connectivity index (χ2v) is 6.93. The summed E-state index contributed by atoms with van der Waals surface area (Å²) in [5.74, 6) is 1.10. The maximum Gasteiger partial charge on any atom is 0.237 e. The lowest BCUT2D eigenvalue weighted by molar-refractivity contribution is -0.116. The number of amides is 1. The zero-order valence-corrected chi connectivity index (χ0v) is 14.8. The first kappa shape index (κ1) is 17.0. The molecule has 0 bridgehead atoms. The minimum atomic E-state index is 0.0130. The van der Waals surface area contributed by atoms with Crippen molar-refractivity contribution in [1.29, 1.82) is 0 Å². The van der Waals surface area contributed by atoms with Crippen LogP contribution in [0.4, 0.5) is 5.69 Å². The summed E-state index contributed by atoms with van der Waals surface area (Å²) in [7, 11) is 0. The zero-order chi connectivity index (χ0) is 16.9. The molecule has 0 saturated carbocycles. The van der Waals surface area contributed by atoms with Crippen LogP contribution in [0.5, 0.6) is 0 Å². The number of carbonyl (C=O) groups excluding carboxylic acids is 1. The summed E-state index contributed by atoms with van der Waals surface area (Å²) < 4.78 is 5.59. The summed E-state index contributed by atoms with van der Waals surface area (Å²) in [5.41, 5.74) is 0.910. The summed E-state index contributed by atoms with van der Waals surface area (Å²) in [6.07, 6.45) is 2.03. The minimum Gasteiger partial charge on any atom is -0.370 e. The van der Waals surface area contributed by atoms with Crippen molar-refractivity contribution in [2.75, 3.05) is 17.3 Å². The largest absolute Gasteiger partial charge is 0.370 e. The quantitative estimate of drug-likeness (QED) is 0.813. The molecule has 128 valence electrons. The van der Waals surface area contributed by atoms with Crippen LogP contribution in [-0.4, -0.2) is 39.5 Å². The Morgan fingerprint density at radius 1 is 1.42 bits per heavy atom. The van der Waals surface area contributed by atoms with E-state index in [4.69, 9.17) is 4.74 Å². The Hall–Kier alpha value is -1.86. The summed E-state index contributed by atoms with van der Waals surface area (Å²) >= 11 is 1.35. The molecule has 7 heteroatoms. The van der Waals surface area contributed by atoms with Gasteiger partial charge in [-0.05, 0) is 38.8 Å². The first-order valence-electron chi connectivity index (χ1n) is 8.19. The number of ether oxygens (including phenoxy) is 1. The fourth-order valence-corrected chi connectivity index (χ4v) is 3.44. The molecule has 0 unspecified atom stereocenters. The number of para-hydroxylation sites is 1. The van der Waals surface area contributed by atoms with Crippen molar-refractivity contribution in [1.82, 2.24) is 15.2 Å². The number of hydrogen-bond acceptors (Lipinski definition) is 5. The second-order valence-electron chi connectivity index (χ2n) is 5.99. The molecule has 2 heterocycles. The van der Waals surface area contributed by atoms with Crippen molar-refractivity contribution in [2.45, 2.75) is 44.0 Å². The van der Waals surface area contributed by atoms with Crippen LogP contribution < -0.4 is 4.90 Å². The van der Waals surface area contributed by atoms with Crippen molar-refractivity contribution in [3.63, 3.8) is 0 Å². The number of aromatic amines is 1. The van der Waals surface area contributed by atoms with Gasteiger partial charge in [0.15, 0.2) is 5.82 Å². The van der Waals surface area contributed by atoms with Crippen LogP contribution in [-0.2, 0) is 9.53 Å². The van der Waals surface area contributed by atoms with Crippen molar-refractivity contribution in [3.05, 3.63) is 36.2 Å². The van der Waals surface area contributed by atoms with Crippen LogP contribution in [0.1, 0.15) is 38.6 Å². The Morgan fingerprint density at radius 3 is 2.88 bits per heavy atom. The third-order valence-corrected chi connectivity index (χ3v) is 4.69. The summed E-state index contributed by atoms with van der Waals surface area (Å²) in [6.45, 7) is 4.79. The van der Waals surface area contributed by atoms with E-state index in [2.05, 4.69) is 15.2 Å². The average molecular weight is 346 g/mol. The third-order valence-electron chi connectivity index (χ3n) is 3.86. The van der Waals surface area contributed by atoms with E-state index in [1.807, 2.05) is 44.2 Å². The number of benzene rings is 1. The molecule has 2 aromatic rings. The highest BCUT2D eigenvalue weighted by Gasteiger charge is 2.23. The minimum absolute atomic E-state index is 0.0130. The average Bonchev–Trinajstić information content (AvgIpc) is 3.25. The Morgan fingerprint density at radius 2 is 2.21 bits per heavy atom. The normalized spacial score (nSPS) is 17.4. The Bertz CT molecular complexity index is 668. The van der Waals surface area contributed by atoms with Gasteiger partial charge in [-0.2, -0.15) is 0 Å². The molecule has 1 aliphatic heterocycles. The number of hydrogen-bond donors (Lipinski definition) is 1. The highest BCUT2D eigenvalue weighted by atomic mass is 32.2. The molecule has 0 radical (unpaired) electrons. The number of anilines is 1. The molecule has 1 atom stereocenters. The van der Waals surface area contributed by atoms with Gasteiger partial charge in [-0.15, -0.1) is 5.10 Å². The maximum absolute atomic E-state index is 12.6. The second kappa shape index (κ2) is 7.81. The molecular formula is C17H22N4O2S. The molecule has 24 heavy (non-hydrogen) atoms. The lowest BCUT2D eigenvalue weighted by atomic mass is 10.2. The first-order chi connectivity index (χ1) is 11.6. The Balaban J connectivity index is 1.61. The molecular weight excluding hydrogens is 324 g/mol. The van der Waals surface area contributed by atoms with Gasteiger partial charge in [0.05, 0.1) is 5.75 Å². The van der Waals surface area contributed by atoms with E-state index in [-0.39, 0.29) is 18.1 Å². The van der Waals surface area contributed by atoms with Crippen LogP contribution in [0.25, 0.3) is 0 Å². The monoisotopic (exact) mass is 346 g/mol. The van der Waals surface area contributed by atoms with Gasteiger partial charge >= 0.3 is 0 Å². The number of nitrogens with one attached hydrogen (secondary N) is 1. The van der Waals surface area contributed by atoms with Crippen molar-refractivity contribution in [2.24, 2.45) is 0 Å². The SMILES string of the molecule is CC(C)N(C(=O)CSc1n[nH]c([C@H]2CCCO2)n1)c1ccccc1. The smallest absolute Gasteiger partial charge is 0.237 e. The lowest BCUT2D eigenvalue weighted by Gasteiger charge is -2.26. The maximum atomic E-state index is 12.6. The highest BCUT2D eigenvalue weighted by molar-refractivity contribution is 7.99. The molecule has 3 rings (SSSR count). The predicted molar refractivity (Wildman–Crippen MR) is 94.1 cm³/mol. The van der Waals surface area contributed by atoms with Gasteiger partial charge in [0.25, 0.3) is 0 Å². The van der Waals surface area contributed by atoms with Gasteiger partial charge in [0.1, 0.15) is 6.10 Å². The first-order valence-corrected chi connectivity index (χ1v) is 9.17. The van der Waals surface area contributed by atoms with E-state index in [1.165, 1.54) is 11.8 Å². The fourth-order valence-electron chi connectivity index (χ4n) is 2.77. The molecule has 1 fully saturated rings. The predicted octanol–water partition coefficient (Wildman–Crippen LogP) is 3.19. The topological polar surface area (TPSA) is 71.1 Å². The van der Waals surface area contributed by atoms with E-state index in [9.17, 15) is 4.79 Å². The third kappa shape index (κ3) is 3.96. The molecule has 1 aliphatic rings. The van der Waals surface area contributed by atoms with Crippen LogP contribution in [0.3, 0.4) is 0 Å². The molecule has 1 aromatic heterocycles. The number of thioether (sulfide) groups is 1. The number of H-pyrrole nitrogens is 1. The van der Waals surface area contributed by atoms with Crippen LogP contribution in [0.2, 0.25) is 0 Å². The van der Waals surface area contributed by atoms with E-state index in [0.717, 1.165) is 31.0 Å². The summed E-state index contributed by atoms with van der Waals surface area (Å²) in [4.78, 5) is 18.9. The zero-order valence-electron chi connectivity index (χ0n) is 13.9. The molecule has 0 spiro atoms. The number of nitrogens with zero attached hydrogens (tertiary/aromatic N) is 3. The molecule has 0 aliphatic carbocycles. The lowest BCUT2D eigenvalue weighted by Crippen LogP contribution is -2.38. The van der Waals surface area contributed by atoms with Gasteiger partial charge in [-0.25, -0.2) is 4.98 Å². The van der Waals surface area contributed by atoms with Gasteiger partial charge < -0.3 is 9.64 Å². The molecule has 1 saturated heterocycles. The number of rotatable bonds is 6. The van der Waals surface area contributed by atoms with Gasteiger partial charge in [-0.3, -0.25) is 9.89 Å². The van der Waals surface area contributed by atoms with Crippen molar-refractivity contribution < 1.29 is 9.53 Å². The van der Waals surface area contributed by atoms with Crippen LogP contribution in [0, 0.1) is 0 Å². The van der Waals surface area contributed by atoms with Crippen molar-refractivity contribution >= 4 is 23.4 Å². The van der Waals surface area contributed by atoms with E-state index in [0.29, 0.717) is 10.9 Å². The molecule has 6 nitrogen and oxygen atoms in total. The van der Waals surface area contributed by atoms with E-state index < -0.39 is 0 Å². The summed E-state index contributed by atoms with van der Waals surface area (Å²) in [6, 6.07) is 9.81. The molecule has 1 N–H and O–H groups in total. The Kier molecular flexibility index (Phi) is 5.52. The standard InChI is InChI=1S/C17H22N4O2S/c1-12(2)21(13-7-4-3-5-8-13)15(22)11-24-17-18-16(19-20-17)14-9-6-10-23-14/h3-5,7-8,12,14H,6,9-11H2,1-2H3,(H,18,19,20)/t14-/m1/s1. The van der Waals surface area contributed by atoms with Gasteiger partial charge in [0, 0.05) is 18.3 Å². The highest BCUT2D eigenvalue weighted by Crippen LogP contribution is 2.27. The fraction of sp³-hybridized carbons (Fsp3) is 0.471. The molecule has 1 amide bonds. The van der Waals surface area contributed by atoms with E-state index >= 15 is 0 Å². The van der Waals surface area contributed by atoms with Crippen molar-refractivity contribution in [3.8, 4) is 0 Å². The van der Waals surface area contributed by atoms with Crippen LogP contribution >= 0.6 is 11.8 Å². The van der Waals surface area contributed by atoms with Gasteiger partial charge in [-0.1, -0.05) is 30.0 Å². The molecule has 1 aromatic carbocycles. The van der Waals surface area contributed by atoms with Gasteiger partial charge in [0.2, 0.25) is 11.1 Å². The Labute approximate surface area is 146 Å². The number of aromatic nitrogens is 3. The van der Waals surface area contributed by atoms with Crippen LogP contribution in [0.15, 0.2) is 35.5 Å². The number of carbonyl (C=O) groups is 1.